The number of hydrogen-bond acceptors (Lipinski definition) is 3. The minimum atomic E-state index is -7.32. The molecule has 0 aliphatic carbocycles. The van der Waals surface area contributed by atoms with Crippen LogP contribution in [0.1, 0.15) is 17.4 Å². The summed E-state index contributed by atoms with van der Waals surface area (Å²) in [5.74, 6) is -14.6. The van der Waals surface area contributed by atoms with Crippen molar-refractivity contribution in [2.45, 2.75) is 35.9 Å². The molecule has 0 spiro atoms. The molecular formula is C13H10F9NO3S. The first-order valence-electron chi connectivity index (χ1n) is 6.98. The van der Waals surface area contributed by atoms with Gasteiger partial charge < -0.3 is 4.74 Å². The molecule has 0 radical (unpaired) electrons. The molecule has 4 nitrogen and oxygen atoms in total. The van der Waals surface area contributed by atoms with Crippen LogP contribution in [0.25, 0.3) is 0 Å². The number of alkyl halides is 9. The molecule has 0 aromatic heterocycles. The minimum Gasteiger partial charge on any atom is -0.358 e. The lowest BCUT2D eigenvalue weighted by atomic mass is 10.0. The van der Waals surface area contributed by atoms with Gasteiger partial charge in [-0.3, -0.25) is 0 Å². The van der Waals surface area contributed by atoms with E-state index in [0.717, 1.165) is 4.72 Å². The molecule has 1 heterocycles. The van der Waals surface area contributed by atoms with E-state index in [9.17, 15) is 47.9 Å². The number of fused-ring (bicyclic) bond motifs is 1. The number of nitrogens with one attached hydrogen (secondary N) is 1. The fourth-order valence-electron chi connectivity index (χ4n) is 2.24. The van der Waals surface area contributed by atoms with Crippen LogP contribution in [0, 0.1) is 0 Å². The number of halogens is 9. The zero-order valence-electron chi connectivity index (χ0n) is 12.8. The van der Waals surface area contributed by atoms with E-state index >= 15 is 0 Å². The molecule has 0 bridgehead atoms. The third-order valence-electron chi connectivity index (χ3n) is 3.71. The molecular weight excluding hydrogens is 421 g/mol. The standard InChI is InChI=1S/C13H10F9NO3S/c14-10(15,12(18,19)20)11(16,17)13(21,22)27(24,25)23-9-8-4-2-1-3-7(8)5-6-26-9/h1-4,9,23H,5-6H2. The van der Waals surface area contributed by atoms with Gasteiger partial charge in [-0.25, -0.2) is 8.42 Å². The molecule has 154 valence electrons. The van der Waals surface area contributed by atoms with Gasteiger partial charge in [0.2, 0.25) is 0 Å². The summed E-state index contributed by atoms with van der Waals surface area (Å²) in [5.41, 5.74) is 0.307. The molecule has 1 N–H and O–H groups in total. The largest absolute Gasteiger partial charge is 0.460 e. The van der Waals surface area contributed by atoms with Gasteiger partial charge >= 0.3 is 23.3 Å². The van der Waals surface area contributed by atoms with Crippen molar-refractivity contribution >= 4 is 10.0 Å². The first-order chi connectivity index (χ1) is 12.1. The fourth-order valence-corrected chi connectivity index (χ4v) is 3.33. The van der Waals surface area contributed by atoms with E-state index in [1.807, 2.05) is 0 Å². The smallest absolute Gasteiger partial charge is 0.358 e. The molecule has 0 saturated carbocycles. The highest BCUT2D eigenvalue weighted by Gasteiger charge is 2.85. The second-order valence-corrected chi connectivity index (χ2v) is 7.24. The number of benzene rings is 1. The molecule has 1 aromatic rings. The van der Waals surface area contributed by atoms with Crippen LogP contribution in [0.3, 0.4) is 0 Å². The van der Waals surface area contributed by atoms with Crippen LogP contribution in [0.5, 0.6) is 0 Å². The van der Waals surface area contributed by atoms with Gasteiger partial charge in [0.15, 0.2) is 0 Å². The van der Waals surface area contributed by atoms with Gasteiger partial charge in [0.1, 0.15) is 6.23 Å². The van der Waals surface area contributed by atoms with Crippen molar-refractivity contribution in [1.82, 2.24) is 4.72 Å². The number of hydrogen-bond donors (Lipinski definition) is 1. The molecule has 1 aliphatic rings. The Morgan fingerprint density at radius 1 is 0.926 bits per heavy atom. The van der Waals surface area contributed by atoms with Crippen molar-refractivity contribution in [2.75, 3.05) is 6.61 Å². The van der Waals surface area contributed by atoms with Gasteiger partial charge in [-0.15, -0.1) is 0 Å². The summed E-state index contributed by atoms with van der Waals surface area (Å²) >= 11 is 0. The van der Waals surface area contributed by atoms with Gasteiger partial charge in [0.05, 0.1) is 6.61 Å². The molecule has 27 heavy (non-hydrogen) atoms. The second-order valence-electron chi connectivity index (χ2n) is 5.48. The lowest BCUT2D eigenvalue weighted by Gasteiger charge is -2.34. The maximum absolute atomic E-state index is 13.7. The lowest BCUT2D eigenvalue weighted by molar-refractivity contribution is -0.382. The van der Waals surface area contributed by atoms with E-state index in [1.165, 1.54) is 24.3 Å². The molecule has 0 amide bonds. The topological polar surface area (TPSA) is 55.4 Å². The highest BCUT2D eigenvalue weighted by Crippen LogP contribution is 2.54. The van der Waals surface area contributed by atoms with E-state index in [-0.39, 0.29) is 18.6 Å². The summed E-state index contributed by atoms with van der Waals surface area (Å²) in [7, 11) is -6.74. The van der Waals surface area contributed by atoms with Crippen LogP contribution < -0.4 is 4.72 Å². The molecule has 0 saturated heterocycles. The van der Waals surface area contributed by atoms with E-state index < -0.39 is 39.5 Å². The summed E-state index contributed by atoms with van der Waals surface area (Å²) in [4.78, 5) is 0. The maximum Gasteiger partial charge on any atom is 0.460 e. The van der Waals surface area contributed by atoms with Crippen LogP contribution in [-0.4, -0.2) is 38.3 Å². The predicted octanol–water partition coefficient (Wildman–Crippen LogP) is 3.60. The van der Waals surface area contributed by atoms with Crippen LogP contribution in [0.2, 0.25) is 0 Å². The van der Waals surface area contributed by atoms with E-state index in [2.05, 4.69) is 0 Å². The second kappa shape index (κ2) is 6.51. The normalized spacial score (nSPS) is 19.7. The Morgan fingerprint density at radius 3 is 2.04 bits per heavy atom. The molecule has 1 atom stereocenters. The third kappa shape index (κ3) is 3.38. The van der Waals surface area contributed by atoms with Crippen molar-refractivity contribution in [1.29, 1.82) is 0 Å². The lowest BCUT2D eigenvalue weighted by Crippen LogP contribution is -2.65. The third-order valence-corrected chi connectivity index (χ3v) is 5.16. The van der Waals surface area contributed by atoms with Gasteiger partial charge in [0, 0.05) is 0 Å². The Hall–Kier alpha value is -1.54. The number of sulfonamides is 1. The fraction of sp³-hybridized carbons (Fsp3) is 0.538. The van der Waals surface area contributed by atoms with Gasteiger partial charge in [-0.05, 0) is 17.5 Å². The van der Waals surface area contributed by atoms with Crippen LogP contribution in [0.15, 0.2) is 24.3 Å². The van der Waals surface area contributed by atoms with E-state index in [1.54, 1.807) is 0 Å². The molecule has 14 heteroatoms. The Kier molecular flexibility index (Phi) is 5.25. The Morgan fingerprint density at radius 2 is 1.48 bits per heavy atom. The van der Waals surface area contributed by atoms with Crippen LogP contribution in [0.4, 0.5) is 39.5 Å². The van der Waals surface area contributed by atoms with Gasteiger partial charge in [0.25, 0.3) is 10.0 Å². The molecule has 1 unspecified atom stereocenters. The number of ether oxygens (including phenoxy) is 1. The zero-order valence-corrected chi connectivity index (χ0v) is 13.7. The quantitative estimate of drug-likeness (QED) is 0.725. The molecule has 0 fully saturated rings. The monoisotopic (exact) mass is 431 g/mol. The summed E-state index contributed by atoms with van der Waals surface area (Å²) in [5, 5.41) is -6.81. The van der Waals surface area contributed by atoms with Crippen LogP contribution in [-0.2, 0) is 21.2 Å². The van der Waals surface area contributed by atoms with Crippen molar-refractivity contribution in [3.05, 3.63) is 35.4 Å². The molecule has 2 rings (SSSR count). The number of rotatable bonds is 5. The Bertz CT molecular complexity index is 807. The summed E-state index contributed by atoms with van der Waals surface area (Å²) in [6.07, 6.45) is -8.89. The first kappa shape index (κ1) is 21.8. The maximum atomic E-state index is 13.7. The van der Waals surface area contributed by atoms with Crippen molar-refractivity contribution < 1.29 is 52.7 Å². The van der Waals surface area contributed by atoms with Crippen molar-refractivity contribution in [3.8, 4) is 0 Å². The average molecular weight is 431 g/mol. The minimum absolute atomic E-state index is 0.0750. The molecule has 1 aliphatic heterocycles. The highest BCUT2D eigenvalue weighted by molar-refractivity contribution is 7.90. The Labute approximate surface area is 146 Å². The van der Waals surface area contributed by atoms with Crippen LogP contribution >= 0.6 is 0 Å². The van der Waals surface area contributed by atoms with E-state index in [0.29, 0.717) is 5.56 Å². The van der Waals surface area contributed by atoms with Crippen molar-refractivity contribution in [2.24, 2.45) is 0 Å². The average Bonchev–Trinajstić information content (AvgIpc) is 2.53. The molecule has 1 aromatic carbocycles. The summed E-state index contributed by atoms with van der Waals surface area (Å²) < 4.78 is 145. The van der Waals surface area contributed by atoms with Gasteiger partial charge in [-0.1, -0.05) is 24.3 Å². The SMILES string of the molecule is O=S(=O)(NC1OCCc2ccccc21)C(F)(F)C(F)(F)C(F)(F)C(F)(F)F. The Balaban J connectivity index is 2.41. The highest BCUT2D eigenvalue weighted by atomic mass is 32.2. The predicted molar refractivity (Wildman–Crippen MR) is 71.8 cm³/mol. The summed E-state index contributed by atoms with van der Waals surface area (Å²) in [6, 6.07) is 5.42. The first-order valence-corrected chi connectivity index (χ1v) is 8.46. The summed E-state index contributed by atoms with van der Waals surface area (Å²) in [6.45, 7) is -0.245. The zero-order chi connectivity index (χ0) is 20.9. The van der Waals surface area contributed by atoms with Gasteiger partial charge in [-0.2, -0.15) is 44.2 Å². The van der Waals surface area contributed by atoms with E-state index in [4.69, 9.17) is 4.74 Å². The van der Waals surface area contributed by atoms with Crippen molar-refractivity contribution in [3.63, 3.8) is 0 Å².